The van der Waals surface area contributed by atoms with Crippen LogP contribution in [-0.4, -0.2) is 64.0 Å². The molecule has 0 spiro atoms. The lowest BCUT2D eigenvalue weighted by molar-refractivity contribution is 0.0342. The fraction of sp³-hybridized carbons (Fsp3) is 0.611. The van der Waals surface area contributed by atoms with Crippen LogP contribution in [0, 0.1) is 0 Å². The van der Waals surface area contributed by atoms with Gasteiger partial charge < -0.3 is 20.1 Å². The summed E-state index contributed by atoms with van der Waals surface area (Å²) in [5, 5.41) is 6.67. The number of rotatable bonds is 7. The maximum Gasteiger partial charge on any atom is 0.191 e. The first-order valence-electron chi connectivity index (χ1n) is 8.55. The number of guanidine groups is 1. The van der Waals surface area contributed by atoms with E-state index in [1.54, 1.807) is 14.2 Å². The first-order chi connectivity index (χ1) is 11.7. The summed E-state index contributed by atoms with van der Waals surface area (Å²) in [6.45, 7) is 8.14. The minimum absolute atomic E-state index is 0. The molecule has 1 unspecified atom stereocenters. The van der Waals surface area contributed by atoms with Crippen molar-refractivity contribution in [2.45, 2.75) is 26.1 Å². The van der Waals surface area contributed by atoms with E-state index in [1.807, 2.05) is 0 Å². The summed E-state index contributed by atoms with van der Waals surface area (Å²) < 4.78 is 10.5. The van der Waals surface area contributed by atoms with E-state index < -0.39 is 0 Å². The van der Waals surface area contributed by atoms with Crippen LogP contribution in [0.25, 0.3) is 0 Å². The van der Waals surface area contributed by atoms with Crippen molar-refractivity contribution in [3.8, 4) is 0 Å². The molecule has 1 saturated heterocycles. The van der Waals surface area contributed by atoms with Crippen LogP contribution in [0.5, 0.6) is 0 Å². The molecule has 0 aliphatic carbocycles. The van der Waals surface area contributed by atoms with Gasteiger partial charge in [0.15, 0.2) is 5.96 Å². The van der Waals surface area contributed by atoms with Gasteiger partial charge in [-0.15, -0.1) is 24.0 Å². The normalized spacial score (nSPS) is 16.8. The molecule has 2 rings (SSSR count). The first-order valence-corrected chi connectivity index (χ1v) is 8.55. The Morgan fingerprint density at radius 1 is 1.32 bits per heavy atom. The molecule has 1 aromatic rings. The zero-order valence-corrected chi connectivity index (χ0v) is 17.8. The van der Waals surface area contributed by atoms with Crippen LogP contribution >= 0.6 is 24.0 Å². The van der Waals surface area contributed by atoms with Gasteiger partial charge in [0.2, 0.25) is 0 Å². The number of ether oxygens (including phenoxy) is 2. The van der Waals surface area contributed by atoms with Crippen molar-refractivity contribution in [1.82, 2.24) is 15.5 Å². The van der Waals surface area contributed by atoms with Crippen LogP contribution in [0.2, 0.25) is 0 Å². The predicted octanol–water partition coefficient (Wildman–Crippen LogP) is 1.84. The molecule has 0 aromatic heterocycles. The van der Waals surface area contributed by atoms with Gasteiger partial charge in [-0.05, 0) is 18.1 Å². The van der Waals surface area contributed by atoms with Crippen molar-refractivity contribution in [3.63, 3.8) is 0 Å². The molecule has 1 fully saturated rings. The zero-order chi connectivity index (χ0) is 17.2. The number of hydrogen-bond acceptors (Lipinski definition) is 4. The van der Waals surface area contributed by atoms with E-state index in [-0.39, 0.29) is 30.0 Å². The number of aliphatic imine (C=N–C) groups is 1. The molecule has 0 amide bonds. The van der Waals surface area contributed by atoms with Crippen molar-refractivity contribution < 1.29 is 9.47 Å². The van der Waals surface area contributed by atoms with E-state index in [4.69, 9.17) is 9.47 Å². The summed E-state index contributed by atoms with van der Waals surface area (Å²) in [4.78, 5) is 6.69. The number of hydrogen-bond donors (Lipinski definition) is 2. The summed E-state index contributed by atoms with van der Waals surface area (Å²) in [6, 6.07) is 8.92. The van der Waals surface area contributed by atoms with Crippen LogP contribution in [0.4, 0.5) is 0 Å². The standard InChI is InChI=1S/C18H30N4O2.HI/c1-15(14-23-3)21-18(19-2)20-12-16-5-4-6-17(11-16)13-22-7-9-24-10-8-22;/h4-6,11,15H,7-10,12-14H2,1-3H3,(H2,19,20,21);1H. The van der Waals surface area contributed by atoms with Crippen molar-refractivity contribution in [1.29, 1.82) is 0 Å². The smallest absolute Gasteiger partial charge is 0.191 e. The van der Waals surface area contributed by atoms with Crippen molar-refractivity contribution in [2.75, 3.05) is 47.1 Å². The van der Waals surface area contributed by atoms with Crippen LogP contribution < -0.4 is 10.6 Å². The predicted molar refractivity (Wildman–Crippen MR) is 113 cm³/mol. The van der Waals surface area contributed by atoms with Crippen LogP contribution in [-0.2, 0) is 22.6 Å². The summed E-state index contributed by atoms with van der Waals surface area (Å²) in [5.41, 5.74) is 2.59. The summed E-state index contributed by atoms with van der Waals surface area (Å²) >= 11 is 0. The highest BCUT2D eigenvalue weighted by atomic mass is 127. The third-order valence-corrected chi connectivity index (χ3v) is 3.98. The van der Waals surface area contributed by atoms with Crippen molar-refractivity contribution >= 4 is 29.9 Å². The molecule has 25 heavy (non-hydrogen) atoms. The van der Waals surface area contributed by atoms with Gasteiger partial charge in [-0.3, -0.25) is 9.89 Å². The molecule has 0 bridgehead atoms. The molecule has 1 aliphatic heterocycles. The summed E-state index contributed by atoms with van der Waals surface area (Å²) in [5.74, 6) is 0.790. The van der Waals surface area contributed by atoms with Gasteiger partial charge in [-0.25, -0.2) is 0 Å². The molecule has 6 nitrogen and oxygen atoms in total. The Kier molecular flexibility index (Phi) is 11.0. The van der Waals surface area contributed by atoms with Gasteiger partial charge in [0, 0.05) is 46.4 Å². The Bertz CT molecular complexity index is 522. The fourth-order valence-electron chi connectivity index (χ4n) is 2.76. The lowest BCUT2D eigenvalue weighted by Crippen LogP contribution is -2.43. The Labute approximate surface area is 168 Å². The third kappa shape index (κ3) is 8.35. The van der Waals surface area contributed by atoms with Gasteiger partial charge in [-0.2, -0.15) is 0 Å². The SMILES string of the molecule is CN=C(NCc1cccc(CN2CCOCC2)c1)NC(C)COC.I. The molecule has 1 atom stereocenters. The number of methoxy groups -OCH3 is 1. The lowest BCUT2D eigenvalue weighted by atomic mass is 10.1. The second kappa shape index (κ2) is 12.5. The van der Waals surface area contributed by atoms with Crippen molar-refractivity contribution in [3.05, 3.63) is 35.4 Å². The fourth-order valence-corrected chi connectivity index (χ4v) is 2.76. The molecule has 0 radical (unpaired) electrons. The highest BCUT2D eigenvalue weighted by molar-refractivity contribution is 14.0. The van der Waals surface area contributed by atoms with E-state index in [9.17, 15) is 0 Å². The van der Waals surface area contributed by atoms with Crippen LogP contribution in [0.3, 0.4) is 0 Å². The Hall–Kier alpha value is -0.900. The van der Waals surface area contributed by atoms with Crippen LogP contribution in [0.1, 0.15) is 18.1 Å². The van der Waals surface area contributed by atoms with Gasteiger partial charge in [0.1, 0.15) is 0 Å². The first kappa shape index (κ1) is 22.1. The zero-order valence-electron chi connectivity index (χ0n) is 15.5. The number of morpholine rings is 1. The molecule has 7 heteroatoms. The maximum atomic E-state index is 5.41. The van der Waals surface area contributed by atoms with E-state index in [2.05, 4.69) is 51.7 Å². The summed E-state index contributed by atoms with van der Waals surface area (Å²) in [7, 11) is 3.48. The molecular weight excluding hydrogens is 431 g/mol. The maximum absolute atomic E-state index is 5.41. The molecule has 2 N–H and O–H groups in total. The third-order valence-electron chi connectivity index (χ3n) is 3.98. The molecule has 1 heterocycles. The van der Waals surface area contributed by atoms with E-state index >= 15 is 0 Å². The Morgan fingerprint density at radius 2 is 2.04 bits per heavy atom. The molecular formula is C18H31IN4O2. The van der Waals surface area contributed by atoms with Gasteiger partial charge >= 0.3 is 0 Å². The Morgan fingerprint density at radius 3 is 2.72 bits per heavy atom. The van der Waals surface area contributed by atoms with E-state index in [0.29, 0.717) is 6.61 Å². The second-order valence-electron chi connectivity index (χ2n) is 6.13. The molecule has 1 aliphatic rings. The van der Waals surface area contributed by atoms with Crippen molar-refractivity contribution in [2.24, 2.45) is 4.99 Å². The number of halogens is 1. The average Bonchev–Trinajstić information content (AvgIpc) is 2.60. The largest absolute Gasteiger partial charge is 0.383 e. The monoisotopic (exact) mass is 462 g/mol. The number of nitrogens with one attached hydrogen (secondary N) is 2. The van der Waals surface area contributed by atoms with E-state index in [1.165, 1.54) is 11.1 Å². The van der Waals surface area contributed by atoms with Gasteiger partial charge in [0.05, 0.1) is 19.8 Å². The highest BCUT2D eigenvalue weighted by Gasteiger charge is 2.11. The molecule has 0 saturated carbocycles. The minimum atomic E-state index is 0. The van der Waals surface area contributed by atoms with Crippen LogP contribution in [0.15, 0.2) is 29.3 Å². The second-order valence-corrected chi connectivity index (χ2v) is 6.13. The topological polar surface area (TPSA) is 58.1 Å². The van der Waals surface area contributed by atoms with Gasteiger partial charge in [0.25, 0.3) is 0 Å². The highest BCUT2D eigenvalue weighted by Crippen LogP contribution is 2.10. The summed E-state index contributed by atoms with van der Waals surface area (Å²) in [6.07, 6.45) is 0. The number of benzene rings is 1. The minimum Gasteiger partial charge on any atom is -0.383 e. The number of nitrogens with zero attached hydrogens (tertiary/aromatic N) is 2. The molecule has 142 valence electrons. The Balaban J connectivity index is 0.00000312. The quantitative estimate of drug-likeness (QED) is 0.368. The van der Waals surface area contributed by atoms with Gasteiger partial charge in [-0.1, -0.05) is 24.3 Å². The average molecular weight is 462 g/mol. The van der Waals surface area contributed by atoms with E-state index in [0.717, 1.165) is 45.4 Å². The lowest BCUT2D eigenvalue weighted by Gasteiger charge is -2.26. The molecule has 1 aromatic carbocycles.